The van der Waals surface area contributed by atoms with Crippen LogP contribution < -0.4 is 10.9 Å². The van der Waals surface area contributed by atoms with E-state index in [1.54, 1.807) is 11.7 Å². The third-order valence-electron chi connectivity index (χ3n) is 5.46. The maximum Gasteiger partial charge on any atom is 0.273 e. The monoisotopic (exact) mass is 371 g/mol. The number of hydrogen-bond acceptors (Lipinski definition) is 7. The number of fused-ring (bicyclic) bond motifs is 1. The minimum Gasteiger partial charge on any atom is -0.339 e. The molecule has 144 valence electrons. The van der Waals surface area contributed by atoms with E-state index in [-0.39, 0.29) is 11.6 Å². The molecule has 1 fully saturated rings. The molecule has 4 heterocycles. The van der Waals surface area contributed by atoms with Gasteiger partial charge in [0.2, 0.25) is 5.89 Å². The first-order valence-electron chi connectivity index (χ1n) is 9.24. The largest absolute Gasteiger partial charge is 0.339 e. The maximum atomic E-state index is 12.2. The fraction of sp³-hybridized carbons (Fsp3) is 0.556. The molecule has 27 heavy (non-hydrogen) atoms. The van der Waals surface area contributed by atoms with Gasteiger partial charge < -0.3 is 9.84 Å². The van der Waals surface area contributed by atoms with Crippen molar-refractivity contribution in [3.05, 3.63) is 38.9 Å². The molecule has 1 aliphatic heterocycles. The van der Waals surface area contributed by atoms with Crippen molar-refractivity contribution in [2.75, 3.05) is 26.7 Å². The summed E-state index contributed by atoms with van der Waals surface area (Å²) in [5, 5.41) is 11.0. The van der Waals surface area contributed by atoms with Gasteiger partial charge in [-0.05, 0) is 38.4 Å². The lowest BCUT2D eigenvalue weighted by atomic mass is 10.0. The Hall–Kier alpha value is -2.52. The Morgan fingerprint density at radius 3 is 2.81 bits per heavy atom. The Bertz CT molecular complexity index is 1030. The Labute approximate surface area is 156 Å². The molecule has 0 radical (unpaired) electrons. The second-order valence-corrected chi connectivity index (χ2v) is 7.25. The van der Waals surface area contributed by atoms with Crippen LogP contribution in [0, 0.1) is 13.8 Å². The molecule has 2 N–H and O–H groups in total. The lowest BCUT2D eigenvalue weighted by molar-refractivity contribution is 0.190. The predicted octanol–water partition coefficient (Wildman–Crippen LogP) is 0.623. The van der Waals surface area contributed by atoms with Gasteiger partial charge in [-0.25, -0.2) is 4.98 Å². The molecular formula is C18H25N7O2. The number of aromatic nitrogens is 5. The zero-order valence-electron chi connectivity index (χ0n) is 16.2. The van der Waals surface area contributed by atoms with E-state index in [9.17, 15) is 4.79 Å². The molecule has 0 amide bonds. The van der Waals surface area contributed by atoms with Crippen molar-refractivity contribution in [1.29, 1.82) is 0 Å². The van der Waals surface area contributed by atoms with Gasteiger partial charge in [0.25, 0.3) is 5.56 Å². The van der Waals surface area contributed by atoms with E-state index < -0.39 is 0 Å². The van der Waals surface area contributed by atoms with Gasteiger partial charge in [0, 0.05) is 38.8 Å². The summed E-state index contributed by atoms with van der Waals surface area (Å²) in [6, 6.07) is 0.139. The fourth-order valence-corrected chi connectivity index (χ4v) is 3.85. The molecule has 1 aliphatic rings. The second kappa shape index (κ2) is 6.90. The van der Waals surface area contributed by atoms with Crippen molar-refractivity contribution >= 4 is 11.0 Å². The van der Waals surface area contributed by atoms with Crippen molar-refractivity contribution in [2.45, 2.75) is 32.7 Å². The van der Waals surface area contributed by atoms with Crippen LogP contribution in [-0.4, -0.2) is 56.5 Å². The highest BCUT2D eigenvalue weighted by Gasteiger charge is 2.25. The molecule has 0 spiro atoms. The van der Waals surface area contributed by atoms with Gasteiger partial charge in [0.1, 0.15) is 0 Å². The molecule has 3 aromatic heterocycles. The smallest absolute Gasteiger partial charge is 0.273 e. The lowest BCUT2D eigenvalue weighted by Gasteiger charge is -2.30. The topological polar surface area (TPSA) is 105 Å². The normalized spacial score (nSPS) is 18.4. The Kier molecular flexibility index (Phi) is 4.56. The average molecular weight is 371 g/mol. The van der Waals surface area contributed by atoms with Crippen molar-refractivity contribution in [3.8, 4) is 0 Å². The minimum atomic E-state index is -0.105. The van der Waals surface area contributed by atoms with Crippen molar-refractivity contribution < 1.29 is 4.52 Å². The van der Waals surface area contributed by atoms with Gasteiger partial charge in [-0.2, -0.15) is 4.98 Å². The summed E-state index contributed by atoms with van der Waals surface area (Å²) in [6.07, 6.45) is 1.33. The molecule has 9 heteroatoms. The van der Waals surface area contributed by atoms with Crippen LogP contribution >= 0.6 is 0 Å². The highest BCUT2D eigenvalue weighted by Crippen LogP contribution is 2.22. The van der Waals surface area contributed by atoms with Crippen LogP contribution in [0.5, 0.6) is 0 Å². The summed E-state index contributed by atoms with van der Waals surface area (Å²) >= 11 is 0. The number of nitrogens with zero attached hydrogens (tertiary/aromatic N) is 5. The average Bonchev–Trinajstić information content (AvgIpc) is 3.20. The quantitative estimate of drug-likeness (QED) is 0.693. The van der Waals surface area contributed by atoms with Crippen LogP contribution in [-0.2, 0) is 19.9 Å². The summed E-state index contributed by atoms with van der Waals surface area (Å²) in [5.74, 6) is 1.34. The van der Waals surface area contributed by atoms with Crippen molar-refractivity contribution in [1.82, 2.24) is 35.1 Å². The zero-order chi connectivity index (χ0) is 19.1. The van der Waals surface area contributed by atoms with E-state index >= 15 is 0 Å². The first-order valence-corrected chi connectivity index (χ1v) is 9.24. The lowest BCUT2D eigenvalue weighted by Crippen LogP contribution is -2.44. The summed E-state index contributed by atoms with van der Waals surface area (Å²) in [7, 11) is 3.87. The van der Waals surface area contributed by atoms with Gasteiger partial charge in [0.05, 0.1) is 11.4 Å². The molecule has 9 nitrogen and oxygen atoms in total. The van der Waals surface area contributed by atoms with Crippen LogP contribution in [0.3, 0.4) is 0 Å². The standard InChI is InChI=1S/C18H25N7O2/c1-10-12(11(2)20-17-15(10)18(26)22-25(17)4)5-6-14-21-16(23-27-14)13-9-19-7-8-24(13)3/h13,19H,5-9H2,1-4H3,(H,22,26). The third kappa shape index (κ3) is 3.17. The summed E-state index contributed by atoms with van der Waals surface area (Å²) in [5.41, 5.74) is 3.54. The number of likely N-dealkylation sites (N-methyl/N-ethyl adjacent to an activating group) is 1. The number of pyridine rings is 1. The molecule has 1 saturated heterocycles. The predicted molar refractivity (Wildman–Crippen MR) is 101 cm³/mol. The van der Waals surface area contributed by atoms with Crippen LogP contribution in [0.25, 0.3) is 11.0 Å². The van der Waals surface area contributed by atoms with Gasteiger partial charge in [-0.3, -0.25) is 19.5 Å². The van der Waals surface area contributed by atoms with Gasteiger partial charge in [-0.15, -0.1) is 0 Å². The van der Waals surface area contributed by atoms with Gasteiger partial charge in [-0.1, -0.05) is 5.16 Å². The first kappa shape index (κ1) is 17.9. The molecule has 0 saturated carbocycles. The molecule has 4 rings (SSSR count). The van der Waals surface area contributed by atoms with Crippen molar-refractivity contribution in [2.24, 2.45) is 7.05 Å². The molecule has 0 aliphatic carbocycles. The molecule has 0 aromatic carbocycles. The van der Waals surface area contributed by atoms with Gasteiger partial charge >= 0.3 is 0 Å². The van der Waals surface area contributed by atoms with E-state index in [0.717, 1.165) is 42.3 Å². The van der Waals surface area contributed by atoms with Crippen LogP contribution in [0.15, 0.2) is 9.32 Å². The van der Waals surface area contributed by atoms with E-state index in [1.165, 1.54) is 0 Å². The van der Waals surface area contributed by atoms with E-state index in [2.05, 4.69) is 37.5 Å². The van der Waals surface area contributed by atoms with E-state index in [1.807, 2.05) is 13.8 Å². The molecule has 1 atom stereocenters. The maximum absolute atomic E-state index is 12.2. The second-order valence-electron chi connectivity index (χ2n) is 7.25. The molecule has 3 aromatic rings. The van der Waals surface area contributed by atoms with Crippen molar-refractivity contribution in [3.63, 3.8) is 0 Å². The van der Waals surface area contributed by atoms with E-state index in [4.69, 9.17) is 4.52 Å². The van der Waals surface area contributed by atoms with Gasteiger partial charge in [0.15, 0.2) is 11.5 Å². The Morgan fingerprint density at radius 1 is 1.22 bits per heavy atom. The SMILES string of the molecule is Cc1nc2c(c(C)c1CCc1nc(C3CNCCN3C)no1)c(=O)[nH]n2C. The number of H-pyrrole nitrogens is 1. The molecule has 0 bridgehead atoms. The summed E-state index contributed by atoms with van der Waals surface area (Å²) in [6.45, 7) is 6.71. The number of aryl methyl sites for hydroxylation is 4. The fourth-order valence-electron chi connectivity index (χ4n) is 3.85. The Morgan fingerprint density at radius 2 is 2.04 bits per heavy atom. The van der Waals surface area contributed by atoms with E-state index in [0.29, 0.717) is 29.8 Å². The highest BCUT2D eigenvalue weighted by atomic mass is 16.5. The molecule has 1 unspecified atom stereocenters. The number of rotatable bonds is 4. The Balaban J connectivity index is 1.56. The molecular weight excluding hydrogens is 346 g/mol. The number of hydrogen-bond donors (Lipinski definition) is 2. The minimum absolute atomic E-state index is 0.105. The number of aromatic amines is 1. The number of piperazine rings is 1. The summed E-state index contributed by atoms with van der Waals surface area (Å²) in [4.78, 5) is 23.6. The van der Waals surface area contributed by atoms with Crippen LogP contribution in [0.4, 0.5) is 0 Å². The zero-order valence-corrected chi connectivity index (χ0v) is 16.2. The van der Waals surface area contributed by atoms with Crippen LogP contribution in [0.2, 0.25) is 0 Å². The summed E-state index contributed by atoms with van der Waals surface area (Å²) < 4.78 is 7.14. The van der Waals surface area contributed by atoms with Crippen LogP contribution in [0.1, 0.15) is 34.6 Å². The number of nitrogens with one attached hydrogen (secondary N) is 2. The first-order chi connectivity index (χ1) is 13.0. The highest BCUT2D eigenvalue weighted by molar-refractivity contribution is 5.80. The third-order valence-corrected chi connectivity index (χ3v) is 5.46.